The Morgan fingerprint density at radius 3 is 2.74 bits per heavy atom. The Labute approximate surface area is 119 Å². The van der Waals surface area contributed by atoms with E-state index in [0.717, 1.165) is 11.1 Å². The fourth-order valence-electron chi connectivity index (χ4n) is 1.74. The second-order valence-corrected chi connectivity index (χ2v) is 5.15. The highest BCUT2D eigenvalue weighted by molar-refractivity contribution is 9.10. The quantitative estimate of drug-likeness (QED) is 0.914. The lowest BCUT2D eigenvalue weighted by atomic mass is 10.1. The van der Waals surface area contributed by atoms with Crippen LogP contribution in [0, 0.1) is 12.7 Å². The first-order chi connectivity index (χ1) is 9.06. The van der Waals surface area contributed by atoms with E-state index < -0.39 is 0 Å². The molecule has 2 aromatic carbocycles. The molecule has 0 saturated heterocycles. The van der Waals surface area contributed by atoms with Gasteiger partial charge >= 0.3 is 0 Å². The van der Waals surface area contributed by atoms with Crippen molar-refractivity contribution in [3.8, 4) is 0 Å². The van der Waals surface area contributed by atoms with Gasteiger partial charge in [-0.3, -0.25) is 4.79 Å². The third-order valence-corrected chi connectivity index (χ3v) is 3.33. The lowest BCUT2D eigenvalue weighted by Gasteiger charge is -2.06. The number of hydrogen-bond acceptors (Lipinski definition) is 1. The summed E-state index contributed by atoms with van der Waals surface area (Å²) in [5.74, 6) is -0.600. The van der Waals surface area contributed by atoms with Crippen molar-refractivity contribution < 1.29 is 9.18 Å². The van der Waals surface area contributed by atoms with Crippen molar-refractivity contribution in [3.05, 3.63) is 69.4 Å². The number of halogens is 2. The van der Waals surface area contributed by atoms with Crippen LogP contribution in [0.3, 0.4) is 0 Å². The Kier molecular flexibility index (Phi) is 4.32. The largest absolute Gasteiger partial charge is 0.348 e. The number of benzene rings is 2. The highest BCUT2D eigenvalue weighted by Crippen LogP contribution is 2.16. The molecule has 0 spiro atoms. The van der Waals surface area contributed by atoms with E-state index in [1.54, 1.807) is 0 Å². The van der Waals surface area contributed by atoms with Crippen molar-refractivity contribution >= 4 is 21.8 Å². The first kappa shape index (κ1) is 13.7. The van der Waals surface area contributed by atoms with Gasteiger partial charge in [-0.05, 0) is 46.6 Å². The summed E-state index contributed by atoms with van der Waals surface area (Å²) in [7, 11) is 0. The van der Waals surface area contributed by atoms with Gasteiger partial charge in [0.25, 0.3) is 5.91 Å². The van der Waals surface area contributed by atoms with Crippen molar-refractivity contribution in [3.63, 3.8) is 0 Å². The fourth-order valence-corrected chi connectivity index (χ4v) is 2.12. The molecule has 0 aliphatic rings. The molecule has 0 saturated carbocycles. The normalized spacial score (nSPS) is 10.3. The van der Waals surface area contributed by atoms with E-state index in [4.69, 9.17) is 0 Å². The minimum absolute atomic E-state index is 0.220. The predicted molar refractivity (Wildman–Crippen MR) is 76.4 cm³/mol. The van der Waals surface area contributed by atoms with Gasteiger partial charge in [0.2, 0.25) is 0 Å². The molecule has 0 heterocycles. The van der Waals surface area contributed by atoms with Gasteiger partial charge in [0.1, 0.15) is 5.82 Å². The van der Waals surface area contributed by atoms with Crippen LogP contribution in [-0.4, -0.2) is 5.91 Å². The Morgan fingerprint density at radius 1 is 1.26 bits per heavy atom. The molecule has 98 valence electrons. The van der Waals surface area contributed by atoms with Gasteiger partial charge in [-0.2, -0.15) is 0 Å². The molecule has 0 aliphatic heterocycles. The molecule has 2 rings (SSSR count). The average molecular weight is 322 g/mol. The van der Waals surface area contributed by atoms with E-state index in [1.807, 2.05) is 31.2 Å². The number of carbonyl (C=O) groups excluding carboxylic acids is 1. The van der Waals surface area contributed by atoms with Crippen LogP contribution in [0.15, 0.2) is 46.9 Å². The Bertz CT molecular complexity index is 613. The second kappa shape index (κ2) is 5.97. The van der Waals surface area contributed by atoms with Crippen LogP contribution < -0.4 is 5.32 Å². The lowest BCUT2D eigenvalue weighted by Crippen LogP contribution is -2.22. The summed E-state index contributed by atoms with van der Waals surface area (Å²) >= 11 is 3.06. The summed E-state index contributed by atoms with van der Waals surface area (Å²) < 4.78 is 13.4. The molecule has 0 fully saturated rings. The summed E-state index contributed by atoms with van der Waals surface area (Å²) in [6, 6.07) is 12.1. The lowest BCUT2D eigenvalue weighted by molar-refractivity contribution is 0.0951. The summed E-state index contributed by atoms with van der Waals surface area (Å²) in [5, 5.41) is 2.81. The van der Waals surface area contributed by atoms with Crippen LogP contribution in [0.25, 0.3) is 0 Å². The molecule has 0 aromatic heterocycles. The fraction of sp³-hybridized carbons (Fsp3) is 0.133. The highest BCUT2D eigenvalue weighted by Gasteiger charge is 2.08. The van der Waals surface area contributed by atoms with Gasteiger partial charge in [0.05, 0.1) is 4.47 Å². The van der Waals surface area contributed by atoms with Crippen LogP contribution in [0.4, 0.5) is 4.39 Å². The van der Waals surface area contributed by atoms with Crippen LogP contribution in [0.1, 0.15) is 21.5 Å². The molecule has 2 aromatic rings. The minimum atomic E-state index is -0.379. The zero-order valence-corrected chi connectivity index (χ0v) is 12.0. The molecular formula is C15H13BrFNO. The zero-order valence-electron chi connectivity index (χ0n) is 10.4. The zero-order chi connectivity index (χ0) is 13.8. The van der Waals surface area contributed by atoms with Crippen molar-refractivity contribution in [1.29, 1.82) is 0 Å². The molecule has 0 aliphatic carbocycles. The van der Waals surface area contributed by atoms with Gasteiger partial charge in [-0.15, -0.1) is 0 Å². The number of aryl methyl sites for hydroxylation is 1. The standard InChI is InChI=1S/C15H13BrFNO/c1-10-3-2-4-11(7-10)9-18-15(19)12-5-6-14(17)13(16)8-12/h2-8H,9H2,1H3,(H,18,19). The van der Waals surface area contributed by atoms with Crippen molar-refractivity contribution in [1.82, 2.24) is 5.32 Å². The van der Waals surface area contributed by atoms with Gasteiger partial charge in [0.15, 0.2) is 0 Å². The number of hydrogen-bond donors (Lipinski definition) is 1. The third kappa shape index (κ3) is 3.64. The van der Waals surface area contributed by atoms with E-state index in [2.05, 4.69) is 21.2 Å². The maximum absolute atomic E-state index is 13.1. The van der Waals surface area contributed by atoms with Gasteiger partial charge in [-0.25, -0.2) is 4.39 Å². The Morgan fingerprint density at radius 2 is 2.05 bits per heavy atom. The van der Waals surface area contributed by atoms with Crippen LogP contribution in [-0.2, 0) is 6.54 Å². The number of rotatable bonds is 3. The monoisotopic (exact) mass is 321 g/mol. The molecule has 1 N–H and O–H groups in total. The first-order valence-electron chi connectivity index (χ1n) is 5.85. The van der Waals surface area contributed by atoms with Gasteiger partial charge in [-0.1, -0.05) is 29.8 Å². The highest BCUT2D eigenvalue weighted by atomic mass is 79.9. The predicted octanol–water partition coefficient (Wildman–Crippen LogP) is 3.83. The molecule has 2 nitrogen and oxygen atoms in total. The van der Waals surface area contributed by atoms with E-state index in [-0.39, 0.29) is 16.2 Å². The van der Waals surface area contributed by atoms with Crippen molar-refractivity contribution in [2.24, 2.45) is 0 Å². The summed E-state index contributed by atoms with van der Waals surface area (Å²) in [6.45, 7) is 2.46. The van der Waals surface area contributed by atoms with Crippen molar-refractivity contribution in [2.75, 3.05) is 0 Å². The SMILES string of the molecule is Cc1cccc(CNC(=O)c2ccc(F)c(Br)c2)c1. The molecule has 19 heavy (non-hydrogen) atoms. The number of carbonyl (C=O) groups is 1. The maximum Gasteiger partial charge on any atom is 0.251 e. The number of amides is 1. The average Bonchev–Trinajstić information content (AvgIpc) is 2.39. The second-order valence-electron chi connectivity index (χ2n) is 4.30. The summed E-state index contributed by atoms with van der Waals surface area (Å²) in [5.41, 5.74) is 2.62. The molecule has 4 heteroatoms. The molecular weight excluding hydrogens is 309 g/mol. The Balaban J connectivity index is 2.03. The molecule has 0 unspecified atom stereocenters. The molecule has 0 radical (unpaired) electrons. The topological polar surface area (TPSA) is 29.1 Å². The van der Waals surface area contributed by atoms with Gasteiger partial charge in [0, 0.05) is 12.1 Å². The summed E-state index contributed by atoms with van der Waals surface area (Å²) in [6.07, 6.45) is 0. The van der Waals surface area contributed by atoms with Crippen molar-refractivity contribution in [2.45, 2.75) is 13.5 Å². The van der Waals surface area contributed by atoms with E-state index in [1.165, 1.54) is 18.2 Å². The molecule has 0 atom stereocenters. The van der Waals surface area contributed by atoms with Crippen LogP contribution >= 0.6 is 15.9 Å². The number of nitrogens with one attached hydrogen (secondary N) is 1. The maximum atomic E-state index is 13.1. The van der Waals surface area contributed by atoms with Crippen LogP contribution in [0.2, 0.25) is 0 Å². The summed E-state index contributed by atoms with van der Waals surface area (Å²) in [4.78, 5) is 11.9. The van der Waals surface area contributed by atoms with E-state index in [0.29, 0.717) is 12.1 Å². The third-order valence-electron chi connectivity index (χ3n) is 2.72. The Hall–Kier alpha value is -1.68. The van der Waals surface area contributed by atoms with Crippen LogP contribution in [0.5, 0.6) is 0 Å². The minimum Gasteiger partial charge on any atom is -0.348 e. The molecule has 1 amide bonds. The smallest absolute Gasteiger partial charge is 0.251 e. The first-order valence-corrected chi connectivity index (χ1v) is 6.64. The van der Waals surface area contributed by atoms with E-state index >= 15 is 0 Å². The van der Waals surface area contributed by atoms with E-state index in [9.17, 15) is 9.18 Å². The molecule has 0 bridgehead atoms. The van der Waals surface area contributed by atoms with Gasteiger partial charge < -0.3 is 5.32 Å².